The van der Waals surface area contributed by atoms with Crippen molar-refractivity contribution in [3.8, 4) is 11.3 Å². The van der Waals surface area contributed by atoms with Gasteiger partial charge in [0.25, 0.3) is 0 Å². The number of imidazole rings is 1. The van der Waals surface area contributed by atoms with Gasteiger partial charge < -0.3 is 10.2 Å². The van der Waals surface area contributed by atoms with Gasteiger partial charge in [-0.2, -0.15) is 0 Å². The maximum Gasteiger partial charge on any atom is 0.214 e. The fraction of sp³-hybridized carbons (Fsp3) is 0.241. The summed E-state index contributed by atoms with van der Waals surface area (Å²) in [7, 11) is 0. The first kappa shape index (κ1) is 21.0. The van der Waals surface area contributed by atoms with Gasteiger partial charge in [-0.25, -0.2) is 11.6 Å². The first-order chi connectivity index (χ1) is 16.3. The highest BCUT2D eigenvalue weighted by Gasteiger charge is 2.17. The van der Waals surface area contributed by atoms with Gasteiger partial charge in [0.1, 0.15) is 17.2 Å². The summed E-state index contributed by atoms with van der Waals surface area (Å²) in [5, 5.41) is 8.67. The van der Waals surface area contributed by atoms with Gasteiger partial charge in [0, 0.05) is 24.7 Å². The molecule has 0 aliphatic rings. The molecule has 0 aliphatic heterocycles. The zero-order valence-electron chi connectivity index (χ0n) is 19.0. The molecule has 0 aliphatic carbocycles. The summed E-state index contributed by atoms with van der Waals surface area (Å²) >= 11 is 0. The summed E-state index contributed by atoms with van der Waals surface area (Å²) in [5.74, 6) is 1.05. The molecule has 1 N–H and O–H groups in total. The van der Waals surface area contributed by atoms with Gasteiger partial charge in [-0.1, -0.05) is 55.0 Å². The van der Waals surface area contributed by atoms with Crippen LogP contribution in [0.25, 0.3) is 43.3 Å². The Kier molecular flexibility index (Phi) is 5.95. The summed E-state index contributed by atoms with van der Waals surface area (Å²) in [6.07, 6.45) is 6.43. The Balaban J connectivity index is 1.58. The largest absolute Gasteiger partial charge is 0.369 e. The lowest BCUT2D eigenvalue weighted by atomic mass is 9.95. The molecule has 0 atom stereocenters. The molecule has 2 heterocycles. The maximum atomic E-state index is 6.92. The van der Waals surface area contributed by atoms with Gasteiger partial charge in [0.2, 0.25) is 6.54 Å². The van der Waals surface area contributed by atoms with E-state index in [0.29, 0.717) is 6.54 Å². The number of rotatable bonds is 8. The third-order valence-electron chi connectivity index (χ3n) is 6.29. The van der Waals surface area contributed by atoms with Crippen LogP contribution in [0.4, 0.5) is 5.82 Å². The van der Waals surface area contributed by atoms with E-state index >= 15 is 0 Å². The third kappa shape index (κ3) is 4.15. The van der Waals surface area contributed by atoms with E-state index < -0.39 is 0 Å². The molecule has 3 aromatic carbocycles. The molecule has 0 saturated heterocycles. The lowest BCUT2D eigenvalue weighted by Crippen LogP contribution is -2.05. The number of hydrogen-bond donors (Lipinski definition) is 1. The minimum absolute atomic E-state index is 0.638. The van der Waals surface area contributed by atoms with Gasteiger partial charge in [-0.3, -0.25) is 4.40 Å². The first-order valence-electron chi connectivity index (χ1n) is 11.7. The second kappa shape index (κ2) is 9.34. The Bertz CT molecular complexity index is 1470. The van der Waals surface area contributed by atoms with Crippen LogP contribution in [-0.4, -0.2) is 22.5 Å². The molecule has 4 heteroatoms. The van der Waals surface area contributed by atoms with Crippen LogP contribution in [0.5, 0.6) is 0 Å². The number of nitrogens with one attached hydrogen (secondary N) is 1. The predicted octanol–water partition coefficient (Wildman–Crippen LogP) is 7.51. The molecule has 0 unspecified atom stereocenters. The van der Waals surface area contributed by atoms with Crippen LogP contribution in [0, 0.1) is 13.5 Å². The molecule has 4 nitrogen and oxygen atoms in total. The van der Waals surface area contributed by atoms with Gasteiger partial charge in [-0.15, -0.1) is 0 Å². The van der Waals surface area contributed by atoms with Crippen LogP contribution in [0.1, 0.15) is 31.2 Å². The topological polar surface area (TPSA) is 33.7 Å². The van der Waals surface area contributed by atoms with Crippen LogP contribution in [0.2, 0.25) is 0 Å². The average Bonchev–Trinajstić information content (AvgIpc) is 3.20. The molecule has 33 heavy (non-hydrogen) atoms. The van der Waals surface area contributed by atoms with Crippen molar-refractivity contribution in [2.24, 2.45) is 0 Å². The Morgan fingerprint density at radius 3 is 2.48 bits per heavy atom. The van der Waals surface area contributed by atoms with Crippen molar-refractivity contribution >= 4 is 33.0 Å². The highest BCUT2D eigenvalue weighted by Crippen LogP contribution is 2.38. The number of nitrogens with zero attached hydrogens (tertiary/aromatic N) is 3. The molecule has 0 radical (unpaired) electrons. The molecule has 0 amide bonds. The standard InChI is InChI=1S/C29H28N4/c1-21-15-18-33-27(19-21)32-28(29(33)31-17-10-4-3-9-16-30-2)26-20-22-11-5-6-12-23(22)24-13-7-8-14-25(24)26/h5-8,11-15,18-20,31H,3-4,9-10,16-17H2,1H3. The van der Waals surface area contributed by atoms with Crippen molar-refractivity contribution in [2.45, 2.75) is 32.6 Å². The molecule has 2 aromatic heterocycles. The fourth-order valence-corrected chi connectivity index (χ4v) is 4.63. The molecule has 5 aromatic rings. The van der Waals surface area contributed by atoms with Crippen molar-refractivity contribution in [1.29, 1.82) is 0 Å². The molecule has 164 valence electrons. The average molecular weight is 433 g/mol. The number of anilines is 1. The Morgan fingerprint density at radius 2 is 1.64 bits per heavy atom. The number of hydrogen-bond acceptors (Lipinski definition) is 2. The summed E-state index contributed by atoms with van der Waals surface area (Å²) in [4.78, 5) is 8.56. The molecule has 5 rings (SSSR count). The second-order valence-electron chi connectivity index (χ2n) is 8.65. The monoisotopic (exact) mass is 432 g/mol. The van der Waals surface area contributed by atoms with E-state index in [-0.39, 0.29) is 0 Å². The van der Waals surface area contributed by atoms with Gasteiger partial charge in [0.15, 0.2) is 0 Å². The lowest BCUT2D eigenvalue weighted by molar-refractivity contribution is 0.677. The summed E-state index contributed by atoms with van der Waals surface area (Å²) in [6.45, 7) is 10.6. The Labute approximate surface area is 194 Å². The van der Waals surface area contributed by atoms with Gasteiger partial charge >= 0.3 is 0 Å². The van der Waals surface area contributed by atoms with Crippen molar-refractivity contribution in [3.05, 3.63) is 89.9 Å². The Hall–Kier alpha value is -3.84. The zero-order valence-corrected chi connectivity index (χ0v) is 19.0. The van der Waals surface area contributed by atoms with E-state index in [9.17, 15) is 0 Å². The van der Waals surface area contributed by atoms with Crippen molar-refractivity contribution < 1.29 is 0 Å². The number of aryl methyl sites for hydroxylation is 1. The molecular weight excluding hydrogens is 404 g/mol. The van der Waals surface area contributed by atoms with Crippen molar-refractivity contribution in [3.63, 3.8) is 0 Å². The molecular formula is C29H28N4. The van der Waals surface area contributed by atoms with Gasteiger partial charge in [-0.05, 0) is 65.1 Å². The number of benzene rings is 3. The van der Waals surface area contributed by atoms with Crippen LogP contribution >= 0.6 is 0 Å². The summed E-state index contributed by atoms with van der Waals surface area (Å²) in [6, 6.07) is 23.8. The Morgan fingerprint density at radius 1 is 0.879 bits per heavy atom. The molecule has 0 saturated carbocycles. The third-order valence-corrected chi connectivity index (χ3v) is 6.29. The number of fused-ring (bicyclic) bond motifs is 4. The molecule has 0 fully saturated rings. The van der Waals surface area contributed by atoms with E-state index in [4.69, 9.17) is 11.6 Å². The van der Waals surface area contributed by atoms with E-state index in [1.807, 2.05) is 0 Å². The minimum atomic E-state index is 0.638. The maximum absolute atomic E-state index is 6.92. The number of unbranched alkanes of at least 4 members (excludes halogenated alkanes) is 3. The first-order valence-corrected chi connectivity index (χ1v) is 11.7. The minimum Gasteiger partial charge on any atom is -0.369 e. The highest BCUT2D eigenvalue weighted by atomic mass is 15.1. The number of pyridine rings is 1. The normalized spacial score (nSPS) is 11.3. The van der Waals surface area contributed by atoms with E-state index in [1.54, 1.807) is 0 Å². The van der Waals surface area contributed by atoms with Crippen LogP contribution < -0.4 is 5.32 Å². The highest BCUT2D eigenvalue weighted by molar-refractivity contribution is 6.14. The fourth-order valence-electron chi connectivity index (χ4n) is 4.63. The van der Waals surface area contributed by atoms with Crippen molar-refractivity contribution in [1.82, 2.24) is 9.38 Å². The quantitative estimate of drug-likeness (QED) is 0.156. The molecule has 0 spiro atoms. The van der Waals surface area contributed by atoms with Gasteiger partial charge in [0.05, 0.1) is 0 Å². The van der Waals surface area contributed by atoms with Crippen molar-refractivity contribution in [2.75, 3.05) is 18.4 Å². The van der Waals surface area contributed by atoms with Crippen LogP contribution in [0.3, 0.4) is 0 Å². The van der Waals surface area contributed by atoms with Crippen LogP contribution in [0.15, 0.2) is 72.9 Å². The van der Waals surface area contributed by atoms with E-state index in [2.05, 4.69) is 94.4 Å². The summed E-state index contributed by atoms with van der Waals surface area (Å²) in [5.41, 5.74) is 4.32. The smallest absolute Gasteiger partial charge is 0.214 e. The SMILES string of the molecule is [C-]#[N+]CCCCCCNc1c(-c2cc3ccccc3c3ccccc23)nc2cc(C)ccn12. The summed E-state index contributed by atoms with van der Waals surface area (Å²) < 4.78 is 2.17. The second-order valence-corrected chi connectivity index (χ2v) is 8.65. The van der Waals surface area contributed by atoms with Crippen LogP contribution in [-0.2, 0) is 0 Å². The lowest BCUT2D eigenvalue weighted by Gasteiger charge is -2.12. The van der Waals surface area contributed by atoms with E-state index in [1.165, 1.54) is 27.1 Å². The number of aromatic nitrogens is 2. The predicted molar refractivity (Wildman–Crippen MR) is 139 cm³/mol. The molecule has 0 bridgehead atoms. The van der Waals surface area contributed by atoms with E-state index in [0.717, 1.165) is 55.0 Å². The zero-order chi connectivity index (χ0) is 22.6.